The van der Waals surface area contributed by atoms with E-state index in [1.165, 1.54) is 0 Å². The van der Waals surface area contributed by atoms with Gasteiger partial charge in [0.1, 0.15) is 11.3 Å². The molecule has 0 bridgehead atoms. The van der Waals surface area contributed by atoms with E-state index in [0.29, 0.717) is 25.3 Å². The van der Waals surface area contributed by atoms with Gasteiger partial charge < -0.3 is 19.7 Å². The molecule has 0 fully saturated rings. The van der Waals surface area contributed by atoms with Crippen LogP contribution < -0.4 is 10.1 Å². The highest BCUT2D eigenvalue weighted by Crippen LogP contribution is 2.29. The van der Waals surface area contributed by atoms with Gasteiger partial charge in [-0.25, -0.2) is 4.79 Å². The fourth-order valence-corrected chi connectivity index (χ4v) is 2.39. The number of halogens is 1. The lowest BCUT2D eigenvalue weighted by Gasteiger charge is -2.16. The van der Waals surface area contributed by atoms with Crippen LogP contribution in [-0.2, 0) is 4.74 Å². The van der Waals surface area contributed by atoms with Crippen LogP contribution in [0, 0.1) is 0 Å². The van der Waals surface area contributed by atoms with E-state index in [-0.39, 0.29) is 18.4 Å². The molecule has 0 atom stereocenters. The first-order chi connectivity index (χ1) is 11.6. The first-order valence-electron chi connectivity index (χ1n) is 8.18. The highest BCUT2D eigenvalue weighted by Gasteiger charge is 2.17. The molecule has 25 heavy (non-hydrogen) atoms. The summed E-state index contributed by atoms with van der Waals surface area (Å²) in [6.45, 7) is 6.19. The van der Waals surface area contributed by atoms with Gasteiger partial charge in [0.2, 0.25) is 0 Å². The maximum Gasteiger partial charge on any atom is 0.341 e. The molecule has 0 unspecified atom stereocenters. The second kappa shape index (κ2) is 10.1. The molecule has 1 heterocycles. The number of carbonyl (C=O) groups excluding carboxylic acids is 1. The van der Waals surface area contributed by atoms with Crippen LogP contribution in [0.2, 0.25) is 0 Å². The van der Waals surface area contributed by atoms with Gasteiger partial charge in [-0.1, -0.05) is 0 Å². The number of aromatic nitrogens is 1. The van der Waals surface area contributed by atoms with Gasteiger partial charge in [-0.2, -0.15) is 0 Å². The Morgan fingerprint density at radius 3 is 2.64 bits per heavy atom. The van der Waals surface area contributed by atoms with Gasteiger partial charge in [0, 0.05) is 24.7 Å². The molecule has 6 nitrogen and oxygen atoms in total. The van der Waals surface area contributed by atoms with Crippen molar-refractivity contribution in [2.24, 2.45) is 0 Å². The molecule has 0 saturated heterocycles. The quantitative estimate of drug-likeness (QED) is 0.723. The minimum Gasteiger partial charge on any atom is -0.494 e. The SMILES string of the molecule is CCOC(=O)c1cnc2ccc(OCC)cc2c1NCCN(C)C.Cl. The first-order valence-corrected chi connectivity index (χ1v) is 8.18. The Kier molecular flexibility index (Phi) is 8.45. The number of ether oxygens (including phenoxy) is 2. The third-order valence-corrected chi connectivity index (χ3v) is 3.51. The number of hydrogen-bond donors (Lipinski definition) is 1. The summed E-state index contributed by atoms with van der Waals surface area (Å²) in [5.74, 6) is 0.379. The molecular weight excluding hydrogens is 342 g/mol. The number of carbonyl (C=O) groups is 1. The van der Waals surface area contributed by atoms with Crippen LogP contribution in [-0.4, -0.2) is 56.3 Å². The fourth-order valence-electron chi connectivity index (χ4n) is 2.39. The molecule has 0 radical (unpaired) electrons. The number of nitrogens with one attached hydrogen (secondary N) is 1. The molecule has 0 aliphatic rings. The Hall–Kier alpha value is -2.05. The zero-order valence-corrected chi connectivity index (χ0v) is 16.0. The molecule has 1 aromatic carbocycles. The van der Waals surface area contributed by atoms with Crippen LogP contribution >= 0.6 is 12.4 Å². The minimum absolute atomic E-state index is 0. The van der Waals surface area contributed by atoms with Gasteiger partial charge in [-0.05, 0) is 46.1 Å². The van der Waals surface area contributed by atoms with E-state index in [4.69, 9.17) is 9.47 Å². The van der Waals surface area contributed by atoms with Gasteiger partial charge in [0.25, 0.3) is 0 Å². The Morgan fingerprint density at radius 1 is 1.24 bits per heavy atom. The molecule has 2 aromatic rings. The van der Waals surface area contributed by atoms with Crippen LogP contribution in [0.1, 0.15) is 24.2 Å². The van der Waals surface area contributed by atoms with Crippen LogP contribution in [0.25, 0.3) is 10.9 Å². The van der Waals surface area contributed by atoms with Crippen molar-refractivity contribution in [3.05, 3.63) is 30.0 Å². The Morgan fingerprint density at radius 2 is 2.00 bits per heavy atom. The van der Waals surface area contributed by atoms with Crippen molar-refractivity contribution in [3.8, 4) is 5.75 Å². The second-order valence-electron chi connectivity index (χ2n) is 5.61. The van der Waals surface area contributed by atoms with E-state index < -0.39 is 0 Å². The van der Waals surface area contributed by atoms with Gasteiger partial charge >= 0.3 is 5.97 Å². The van der Waals surface area contributed by atoms with E-state index in [1.807, 2.05) is 39.2 Å². The number of rotatable bonds is 8. The number of pyridine rings is 1. The fraction of sp³-hybridized carbons (Fsp3) is 0.444. The van der Waals surface area contributed by atoms with Crippen LogP contribution in [0.4, 0.5) is 5.69 Å². The number of fused-ring (bicyclic) bond motifs is 1. The molecule has 0 amide bonds. The number of likely N-dealkylation sites (N-methyl/N-ethyl adjacent to an activating group) is 1. The highest BCUT2D eigenvalue weighted by atomic mass is 35.5. The molecule has 0 saturated carbocycles. The van der Waals surface area contributed by atoms with Crippen LogP contribution in [0.5, 0.6) is 5.75 Å². The highest BCUT2D eigenvalue weighted by molar-refractivity contribution is 6.05. The van der Waals surface area contributed by atoms with Gasteiger partial charge in [0.15, 0.2) is 0 Å². The Balaban J connectivity index is 0.00000312. The van der Waals surface area contributed by atoms with Crippen molar-refractivity contribution >= 4 is 35.0 Å². The van der Waals surface area contributed by atoms with Crippen molar-refractivity contribution in [2.45, 2.75) is 13.8 Å². The summed E-state index contributed by atoms with van der Waals surface area (Å²) < 4.78 is 10.7. The van der Waals surface area contributed by atoms with E-state index in [0.717, 1.165) is 28.9 Å². The second-order valence-corrected chi connectivity index (χ2v) is 5.61. The lowest BCUT2D eigenvalue weighted by atomic mass is 10.1. The largest absolute Gasteiger partial charge is 0.494 e. The zero-order chi connectivity index (χ0) is 17.5. The summed E-state index contributed by atoms with van der Waals surface area (Å²) in [5, 5.41) is 4.21. The zero-order valence-electron chi connectivity index (χ0n) is 15.2. The molecule has 0 aliphatic heterocycles. The first kappa shape index (κ1) is 21.0. The number of benzene rings is 1. The summed E-state index contributed by atoms with van der Waals surface area (Å²) in [4.78, 5) is 18.7. The van der Waals surface area contributed by atoms with E-state index in [9.17, 15) is 4.79 Å². The van der Waals surface area contributed by atoms with Gasteiger partial charge in [-0.3, -0.25) is 4.98 Å². The monoisotopic (exact) mass is 367 g/mol. The number of hydrogen-bond acceptors (Lipinski definition) is 6. The van der Waals surface area contributed by atoms with Crippen molar-refractivity contribution in [1.29, 1.82) is 0 Å². The van der Waals surface area contributed by atoms with Gasteiger partial charge in [0.05, 0.1) is 24.4 Å². The van der Waals surface area contributed by atoms with Crippen molar-refractivity contribution in [2.75, 3.05) is 45.7 Å². The summed E-state index contributed by atoms with van der Waals surface area (Å²) >= 11 is 0. The number of esters is 1. The average Bonchev–Trinajstić information content (AvgIpc) is 2.55. The lowest BCUT2D eigenvalue weighted by Crippen LogP contribution is -2.22. The molecular formula is C18H26ClN3O3. The summed E-state index contributed by atoms with van der Waals surface area (Å²) in [5.41, 5.74) is 1.98. The van der Waals surface area contributed by atoms with Crippen molar-refractivity contribution in [3.63, 3.8) is 0 Å². The predicted octanol–water partition coefficient (Wildman–Crippen LogP) is 3.21. The maximum atomic E-state index is 12.3. The van der Waals surface area contributed by atoms with Crippen molar-refractivity contribution in [1.82, 2.24) is 9.88 Å². The summed E-state index contributed by atoms with van der Waals surface area (Å²) in [6, 6.07) is 5.69. The Bertz CT molecular complexity index is 707. The van der Waals surface area contributed by atoms with E-state index in [1.54, 1.807) is 13.1 Å². The maximum absolute atomic E-state index is 12.3. The molecule has 7 heteroatoms. The average molecular weight is 368 g/mol. The molecule has 138 valence electrons. The Labute approximate surface area is 154 Å². The number of anilines is 1. The molecule has 1 N–H and O–H groups in total. The summed E-state index contributed by atoms with van der Waals surface area (Å²) in [6.07, 6.45) is 1.57. The van der Waals surface area contributed by atoms with Crippen LogP contribution in [0.15, 0.2) is 24.4 Å². The van der Waals surface area contributed by atoms with Crippen molar-refractivity contribution < 1.29 is 14.3 Å². The predicted molar refractivity (Wildman–Crippen MR) is 103 cm³/mol. The molecule has 1 aromatic heterocycles. The summed E-state index contributed by atoms with van der Waals surface area (Å²) in [7, 11) is 4.01. The number of nitrogens with zero attached hydrogens (tertiary/aromatic N) is 2. The molecule has 0 aliphatic carbocycles. The normalized spacial score (nSPS) is 10.4. The molecule has 2 rings (SSSR count). The molecule has 0 spiro atoms. The third kappa shape index (κ3) is 5.47. The van der Waals surface area contributed by atoms with E-state index in [2.05, 4.69) is 15.2 Å². The smallest absolute Gasteiger partial charge is 0.341 e. The lowest BCUT2D eigenvalue weighted by molar-refractivity contribution is 0.0527. The topological polar surface area (TPSA) is 63.7 Å². The van der Waals surface area contributed by atoms with E-state index >= 15 is 0 Å². The third-order valence-electron chi connectivity index (χ3n) is 3.51. The van der Waals surface area contributed by atoms with Crippen LogP contribution in [0.3, 0.4) is 0 Å². The standard InChI is InChI=1S/C18H25N3O3.ClH/c1-5-23-13-7-8-16-14(11-13)17(19-9-10-21(3)4)15(12-20-16)18(22)24-6-2;/h7-8,11-12H,5-6,9-10H2,1-4H3,(H,19,20);1H. The van der Waals surface area contributed by atoms with Gasteiger partial charge in [-0.15, -0.1) is 12.4 Å². The minimum atomic E-state index is -0.374.